The SMILES string of the molecule is COc1ccc([N+](=O)[O-])cc1NS(=O)(=O)c1ccc(C(=O)NCCNC(=O)c2ccco2)cc1. The summed E-state index contributed by atoms with van der Waals surface area (Å²) in [5, 5.41) is 16.2. The number of nitrogens with zero attached hydrogens (tertiary/aromatic N) is 1. The van der Waals surface area contributed by atoms with Crippen molar-refractivity contribution in [3.63, 3.8) is 0 Å². The van der Waals surface area contributed by atoms with Crippen LogP contribution in [0.2, 0.25) is 0 Å². The molecule has 0 aliphatic rings. The van der Waals surface area contributed by atoms with E-state index in [1.807, 2.05) is 0 Å². The van der Waals surface area contributed by atoms with Gasteiger partial charge in [-0.25, -0.2) is 8.42 Å². The van der Waals surface area contributed by atoms with Crippen molar-refractivity contribution >= 4 is 33.2 Å². The van der Waals surface area contributed by atoms with Crippen molar-refractivity contribution in [3.05, 3.63) is 82.3 Å². The fraction of sp³-hybridized carbons (Fsp3) is 0.143. The summed E-state index contributed by atoms with van der Waals surface area (Å²) in [5.41, 5.74) is -0.217. The zero-order valence-corrected chi connectivity index (χ0v) is 18.6. The molecule has 2 amide bonds. The first kappa shape index (κ1) is 24.3. The Morgan fingerprint density at radius 1 is 1.03 bits per heavy atom. The van der Waals surface area contributed by atoms with E-state index in [1.54, 1.807) is 6.07 Å². The highest BCUT2D eigenvalue weighted by Gasteiger charge is 2.20. The Balaban J connectivity index is 1.60. The van der Waals surface area contributed by atoms with Crippen LogP contribution in [0, 0.1) is 10.1 Å². The third-order valence-electron chi connectivity index (χ3n) is 4.51. The second-order valence-electron chi connectivity index (χ2n) is 6.76. The number of methoxy groups -OCH3 is 1. The Hall–Kier alpha value is -4.39. The number of non-ortho nitro benzene ring substituents is 1. The summed E-state index contributed by atoms with van der Waals surface area (Å²) in [4.78, 5) is 34.2. The molecule has 12 nitrogen and oxygen atoms in total. The minimum Gasteiger partial charge on any atom is -0.495 e. The topological polar surface area (TPSA) is 170 Å². The highest BCUT2D eigenvalue weighted by Crippen LogP contribution is 2.30. The average Bonchev–Trinajstić information content (AvgIpc) is 3.36. The molecule has 0 aliphatic carbocycles. The molecule has 13 heteroatoms. The maximum Gasteiger partial charge on any atom is 0.287 e. The van der Waals surface area contributed by atoms with E-state index < -0.39 is 26.8 Å². The van der Waals surface area contributed by atoms with Crippen LogP contribution in [0.25, 0.3) is 0 Å². The third kappa shape index (κ3) is 5.89. The van der Waals surface area contributed by atoms with Crippen LogP contribution in [0.1, 0.15) is 20.9 Å². The lowest BCUT2D eigenvalue weighted by Gasteiger charge is -2.12. The number of ether oxygens (including phenoxy) is 1. The molecule has 1 heterocycles. The number of amides is 2. The van der Waals surface area contributed by atoms with Gasteiger partial charge in [-0.15, -0.1) is 0 Å². The quantitative estimate of drug-likeness (QED) is 0.221. The second-order valence-corrected chi connectivity index (χ2v) is 8.44. The van der Waals surface area contributed by atoms with E-state index in [0.29, 0.717) is 0 Å². The van der Waals surface area contributed by atoms with E-state index in [9.17, 15) is 28.1 Å². The number of rotatable bonds is 10. The van der Waals surface area contributed by atoms with Gasteiger partial charge in [-0.05, 0) is 42.5 Å². The molecule has 0 aliphatic heterocycles. The van der Waals surface area contributed by atoms with Crippen molar-refractivity contribution in [1.29, 1.82) is 0 Å². The standard InChI is InChI=1S/C21H20N4O8S/c1-32-18-9-6-15(25(28)29)13-17(18)24-34(30,31)16-7-4-14(5-8-16)20(26)22-10-11-23-21(27)19-3-2-12-33-19/h2-9,12-13,24H,10-11H2,1H3,(H,22,26)(H,23,27). The van der Waals surface area contributed by atoms with Crippen LogP contribution in [0.4, 0.5) is 11.4 Å². The van der Waals surface area contributed by atoms with E-state index in [0.717, 1.165) is 6.07 Å². The highest BCUT2D eigenvalue weighted by atomic mass is 32.2. The smallest absolute Gasteiger partial charge is 0.287 e. The van der Waals surface area contributed by atoms with Gasteiger partial charge in [-0.3, -0.25) is 24.4 Å². The predicted molar refractivity (Wildman–Crippen MR) is 120 cm³/mol. The van der Waals surface area contributed by atoms with Crippen molar-refractivity contribution < 1.29 is 32.1 Å². The summed E-state index contributed by atoms with van der Waals surface area (Å²) in [5.74, 6) is -0.630. The van der Waals surface area contributed by atoms with Gasteiger partial charge in [0.25, 0.3) is 27.5 Å². The van der Waals surface area contributed by atoms with Crippen molar-refractivity contribution in [1.82, 2.24) is 10.6 Å². The Morgan fingerprint density at radius 2 is 1.71 bits per heavy atom. The fourth-order valence-corrected chi connectivity index (χ4v) is 3.89. The number of anilines is 1. The molecule has 0 atom stereocenters. The van der Waals surface area contributed by atoms with Gasteiger partial charge in [-0.1, -0.05) is 0 Å². The maximum absolute atomic E-state index is 12.7. The van der Waals surface area contributed by atoms with Crippen molar-refractivity contribution in [3.8, 4) is 5.75 Å². The van der Waals surface area contributed by atoms with Crippen LogP contribution >= 0.6 is 0 Å². The number of sulfonamides is 1. The van der Waals surface area contributed by atoms with E-state index in [2.05, 4.69) is 15.4 Å². The first-order chi connectivity index (χ1) is 16.2. The van der Waals surface area contributed by atoms with Gasteiger partial charge < -0.3 is 19.8 Å². The Bertz CT molecular complexity index is 1290. The molecule has 2 aromatic carbocycles. The van der Waals surface area contributed by atoms with Gasteiger partial charge in [0.15, 0.2) is 5.76 Å². The van der Waals surface area contributed by atoms with Gasteiger partial charge in [0.05, 0.1) is 28.9 Å². The number of hydrogen-bond acceptors (Lipinski definition) is 8. The molecule has 0 spiro atoms. The molecule has 34 heavy (non-hydrogen) atoms. The number of nitrogens with one attached hydrogen (secondary N) is 3. The number of furan rings is 1. The van der Waals surface area contributed by atoms with Crippen LogP contribution < -0.4 is 20.1 Å². The summed E-state index contributed by atoms with van der Waals surface area (Å²) in [6.07, 6.45) is 1.37. The van der Waals surface area contributed by atoms with Crippen LogP contribution in [0.3, 0.4) is 0 Å². The first-order valence-electron chi connectivity index (χ1n) is 9.76. The highest BCUT2D eigenvalue weighted by molar-refractivity contribution is 7.92. The normalized spacial score (nSPS) is 10.9. The lowest BCUT2D eigenvalue weighted by atomic mass is 10.2. The van der Waals surface area contributed by atoms with Crippen molar-refractivity contribution in [2.24, 2.45) is 0 Å². The van der Waals surface area contributed by atoms with E-state index >= 15 is 0 Å². The number of benzene rings is 2. The second kappa shape index (κ2) is 10.5. The van der Waals surface area contributed by atoms with Gasteiger partial charge in [0, 0.05) is 30.8 Å². The van der Waals surface area contributed by atoms with Gasteiger partial charge in [0.2, 0.25) is 0 Å². The van der Waals surface area contributed by atoms with Crippen LogP contribution in [-0.4, -0.2) is 45.4 Å². The minimum absolute atomic E-state index is 0.101. The van der Waals surface area contributed by atoms with Crippen molar-refractivity contribution in [2.45, 2.75) is 4.90 Å². The Kier molecular flexibility index (Phi) is 7.48. The molecule has 0 bridgehead atoms. The molecule has 0 saturated carbocycles. The summed E-state index contributed by atoms with van der Waals surface area (Å²) in [7, 11) is -2.82. The number of carbonyl (C=O) groups is 2. The molecule has 3 N–H and O–H groups in total. The van der Waals surface area contributed by atoms with E-state index in [1.165, 1.54) is 55.8 Å². The predicted octanol–water partition coefficient (Wildman–Crippen LogP) is 2.16. The third-order valence-corrected chi connectivity index (χ3v) is 5.89. The molecule has 1 aromatic heterocycles. The van der Waals surface area contributed by atoms with Gasteiger partial charge >= 0.3 is 0 Å². The number of hydrogen-bond donors (Lipinski definition) is 3. The summed E-state index contributed by atoms with van der Waals surface area (Å²) in [6.45, 7) is 0.298. The van der Waals surface area contributed by atoms with Gasteiger partial charge in [0.1, 0.15) is 5.75 Å². The molecule has 0 saturated heterocycles. The summed E-state index contributed by atoms with van der Waals surface area (Å²) in [6, 6.07) is 11.7. The first-order valence-corrected chi connectivity index (χ1v) is 11.2. The summed E-state index contributed by atoms with van der Waals surface area (Å²) < 4.78 is 37.7. The van der Waals surface area contributed by atoms with Crippen molar-refractivity contribution in [2.75, 3.05) is 24.9 Å². The largest absolute Gasteiger partial charge is 0.495 e. The minimum atomic E-state index is -4.12. The molecule has 3 aromatic rings. The van der Waals surface area contributed by atoms with E-state index in [-0.39, 0.29) is 46.4 Å². The maximum atomic E-state index is 12.7. The lowest BCUT2D eigenvalue weighted by molar-refractivity contribution is -0.384. The lowest BCUT2D eigenvalue weighted by Crippen LogP contribution is -2.34. The molecule has 178 valence electrons. The van der Waals surface area contributed by atoms with Crippen LogP contribution in [-0.2, 0) is 10.0 Å². The number of nitro benzene ring substituents is 1. The van der Waals surface area contributed by atoms with E-state index in [4.69, 9.17) is 9.15 Å². The molecule has 0 fully saturated rings. The average molecular weight is 488 g/mol. The zero-order chi connectivity index (χ0) is 24.7. The van der Waals surface area contributed by atoms with Crippen LogP contribution in [0.5, 0.6) is 5.75 Å². The monoisotopic (exact) mass is 488 g/mol. The fourth-order valence-electron chi connectivity index (χ4n) is 2.83. The number of nitro groups is 1. The molecule has 3 rings (SSSR count). The molecule has 0 unspecified atom stereocenters. The van der Waals surface area contributed by atoms with Crippen LogP contribution in [0.15, 0.2) is 70.2 Å². The van der Waals surface area contributed by atoms with Gasteiger partial charge in [-0.2, -0.15) is 0 Å². The summed E-state index contributed by atoms with van der Waals surface area (Å²) >= 11 is 0. The molecule has 0 radical (unpaired) electrons. The zero-order valence-electron chi connectivity index (χ0n) is 17.8. The number of carbonyl (C=O) groups excluding carboxylic acids is 2. The Labute approximate surface area is 194 Å². The molecular weight excluding hydrogens is 468 g/mol. The molecular formula is C21H20N4O8S. The Morgan fingerprint density at radius 3 is 2.29 bits per heavy atom.